The predicted octanol–water partition coefficient (Wildman–Crippen LogP) is 1.85. The highest BCUT2D eigenvalue weighted by Crippen LogP contribution is 2.50. The molecule has 0 radical (unpaired) electrons. The molecule has 1 rings (SSSR count). The van der Waals surface area contributed by atoms with Crippen LogP contribution >= 0.6 is 0 Å². The first-order chi connectivity index (χ1) is 6.13. The first kappa shape index (κ1) is 10.7. The fourth-order valence-electron chi connectivity index (χ4n) is 2.46. The van der Waals surface area contributed by atoms with E-state index < -0.39 is 0 Å². The Balaban J connectivity index is 2.42. The molecular formula is C11H21NO. The van der Waals surface area contributed by atoms with E-state index >= 15 is 0 Å². The second kappa shape index (κ2) is 4.23. The van der Waals surface area contributed by atoms with Crippen molar-refractivity contribution in [2.24, 2.45) is 17.3 Å². The van der Waals surface area contributed by atoms with Crippen LogP contribution < -0.4 is 5.32 Å². The van der Waals surface area contributed by atoms with Crippen LogP contribution in [0.15, 0.2) is 0 Å². The van der Waals surface area contributed by atoms with Gasteiger partial charge >= 0.3 is 0 Å². The van der Waals surface area contributed by atoms with Gasteiger partial charge in [-0.25, -0.2) is 0 Å². The molecule has 1 fully saturated rings. The minimum absolute atomic E-state index is 0.297. The second-order valence-corrected chi connectivity index (χ2v) is 4.81. The van der Waals surface area contributed by atoms with Crippen LogP contribution in [0.2, 0.25) is 0 Å². The summed E-state index contributed by atoms with van der Waals surface area (Å²) in [5.74, 6) is 1.62. The maximum absolute atomic E-state index is 10.5. The molecular weight excluding hydrogens is 162 g/mol. The van der Waals surface area contributed by atoms with Crippen LogP contribution in [0.3, 0.4) is 0 Å². The molecule has 0 aromatic carbocycles. The summed E-state index contributed by atoms with van der Waals surface area (Å²) < 4.78 is 0. The largest absolute Gasteiger partial charge is 0.319 e. The van der Waals surface area contributed by atoms with Crippen LogP contribution in [0.5, 0.6) is 0 Å². The number of hydrogen-bond donors (Lipinski definition) is 1. The summed E-state index contributed by atoms with van der Waals surface area (Å²) in [6.07, 6.45) is 4.26. The average molecular weight is 183 g/mol. The van der Waals surface area contributed by atoms with Gasteiger partial charge in [0.1, 0.15) is 6.29 Å². The van der Waals surface area contributed by atoms with E-state index in [4.69, 9.17) is 0 Å². The molecule has 0 amide bonds. The van der Waals surface area contributed by atoms with E-state index in [-0.39, 0.29) is 0 Å². The number of hydrogen-bond acceptors (Lipinski definition) is 2. The smallest absolute Gasteiger partial charge is 0.120 e. The number of nitrogens with one attached hydrogen (secondary N) is 1. The molecule has 1 saturated carbocycles. The molecule has 1 N–H and O–H groups in total. The van der Waals surface area contributed by atoms with E-state index in [1.807, 2.05) is 7.05 Å². The Hall–Kier alpha value is -0.370. The van der Waals surface area contributed by atoms with Crippen LogP contribution in [0.1, 0.15) is 33.1 Å². The topological polar surface area (TPSA) is 29.1 Å². The molecule has 0 spiro atoms. The summed E-state index contributed by atoms with van der Waals surface area (Å²) in [5.41, 5.74) is 0.297. The van der Waals surface area contributed by atoms with Gasteiger partial charge in [0.2, 0.25) is 0 Å². The van der Waals surface area contributed by atoms with Crippen LogP contribution in [-0.4, -0.2) is 19.9 Å². The summed E-state index contributed by atoms with van der Waals surface area (Å²) in [4.78, 5) is 10.5. The zero-order valence-electron chi connectivity index (χ0n) is 8.97. The number of rotatable bonds is 5. The fourth-order valence-corrected chi connectivity index (χ4v) is 2.46. The lowest BCUT2D eigenvalue weighted by Gasteiger charge is -2.49. The van der Waals surface area contributed by atoms with Crippen molar-refractivity contribution in [3.63, 3.8) is 0 Å². The van der Waals surface area contributed by atoms with E-state index in [1.165, 1.54) is 12.8 Å². The molecule has 0 saturated heterocycles. The van der Waals surface area contributed by atoms with Gasteiger partial charge in [-0.15, -0.1) is 0 Å². The molecule has 0 aromatic heterocycles. The minimum atomic E-state index is 0.297. The van der Waals surface area contributed by atoms with E-state index in [0.717, 1.165) is 31.1 Å². The van der Waals surface area contributed by atoms with E-state index in [2.05, 4.69) is 19.2 Å². The maximum Gasteiger partial charge on any atom is 0.120 e. The Labute approximate surface area is 81.1 Å². The Morgan fingerprint density at radius 2 is 2.15 bits per heavy atom. The summed E-state index contributed by atoms with van der Waals surface area (Å²) in [6.45, 7) is 5.54. The quantitative estimate of drug-likeness (QED) is 0.659. The average Bonchev–Trinajstić information content (AvgIpc) is 1.99. The molecule has 0 heterocycles. The molecule has 2 nitrogen and oxygen atoms in total. The van der Waals surface area contributed by atoms with Gasteiger partial charge in [0, 0.05) is 13.0 Å². The highest BCUT2D eigenvalue weighted by atomic mass is 16.1. The van der Waals surface area contributed by atoms with Gasteiger partial charge < -0.3 is 10.1 Å². The fraction of sp³-hybridized carbons (Fsp3) is 0.909. The van der Waals surface area contributed by atoms with Gasteiger partial charge in [0.15, 0.2) is 0 Å². The van der Waals surface area contributed by atoms with Crippen molar-refractivity contribution < 1.29 is 4.79 Å². The van der Waals surface area contributed by atoms with E-state index in [1.54, 1.807) is 0 Å². The lowest BCUT2D eigenvalue weighted by molar-refractivity contribution is -0.112. The van der Waals surface area contributed by atoms with Crippen molar-refractivity contribution in [3.05, 3.63) is 0 Å². The van der Waals surface area contributed by atoms with Gasteiger partial charge in [-0.1, -0.05) is 13.8 Å². The summed E-state index contributed by atoms with van der Waals surface area (Å²) in [5, 5.41) is 3.20. The van der Waals surface area contributed by atoms with E-state index in [9.17, 15) is 4.79 Å². The predicted molar refractivity (Wildman–Crippen MR) is 54.6 cm³/mol. The van der Waals surface area contributed by atoms with Crippen LogP contribution in [-0.2, 0) is 4.79 Å². The zero-order chi connectivity index (χ0) is 9.90. The third-order valence-corrected chi connectivity index (χ3v) is 3.40. The third-order valence-electron chi connectivity index (χ3n) is 3.40. The lowest BCUT2D eigenvalue weighted by Crippen LogP contribution is -2.46. The summed E-state index contributed by atoms with van der Waals surface area (Å²) in [6, 6.07) is 0. The second-order valence-electron chi connectivity index (χ2n) is 4.81. The molecule has 0 aliphatic heterocycles. The molecule has 76 valence electrons. The Bertz CT molecular complexity index is 171. The van der Waals surface area contributed by atoms with Crippen molar-refractivity contribution in [2.75, 3.05) is 13.6 Å². The maximum atomic E-state index is 10.5. The van der Waals surface area contributed by atoms with Crippen molar-refractivity contribution in [3.8, 4) is 0 Å². The molecule has 0 atom stereocenters. The lowest BCUT2D eigenvalue weighted by atomic mass is 9.57. The van der Waals surface area contributed by atoms with Crippen LogP contribution in [0.4, 0.5) is 0 Å². The highest BCUT2D eigenvalue weighted by Gasteiger charge is 2.43. The SMILES string of the molecule is CNCC1(CC=O)CC(C(C)C)C1. The first-order valence-electron chi connectivity index (χ1n) is 5.22. The number of aldehydes is 1. The van der Waals surface area contributed by atoms with Crippen LogP contribution in [0.25, 0.3) is 0 Å². The minimum Gasteiger partial charge on any atom is -0.319 e. The first-order valence-corrected chi connectivity index (χ1v) is 5.22. The van der Waals surface area contributed by atoms with Crippen molar-refractivity contribution in [1.82, 2.24) is 5.32 Å². The highest BCUT2D eigenvalue weighted by molar-refractivity contribution is 5.51. The molecule has 1 aliphatic carbocycles. The number of carbonyl (C=O) groups is 1. The van der Waals surface area contributed by atoms with Gasteiger partial charge in [-0.2, -0.15) is 0 Å². The van der Waals surface area contributed by atoms with Gasteiger partial charge in [-0.05, 0) is 37.1 Å². The van der Waals surface area contributed by atoms with Crippen LogP contribution in [0, 0.1) is 17.3 Å². The van der Waals surface area contributed by atoms with Crippen molar-refractivity contribution in [1.29, 1.82) is 0 Å². The standard InChI is InChI=1S/C11H21NO/c1-9(2)10-6-11(7-10,4-5-13)8-12-3/h5,9-10,12H,4,6-8H2,1-3H3. The molecule has 13 heavy (non-hydrogen) atoms. The van der Waals surface area contributed by atoms with E-state index in [0.29, 0.717) is 5.41 Å². The molecule has 1 aliphatic rings. The van der Waals surface area contributed by atoms with Gasteiger partial charge in [0.25, 0.3) is 0 Å². The van der Waals surface area contributed by atoms with Gasteiger partial charge in [0.05, 0.1) is 0 Å². The zero-order valence-corrected chi connectivity index (χ0v) is 8.97. The van der Waals surface area contributed by atoms with Crippen molar-refractivity contribution in [2.45, 2.75) is 33.1 Å². The Morgan fingerprint density at radius 3 is 2.54 bits per heavy atom. The third kappa shape index (κ3) is 2.31. The molecule has 0 unspecified atom stereocenters. The van der Waals surface area contributed by atoms with Crippen molar-refractivity contribution >= 4 is 6.29 Å². The summed E-state index contributed by atoms with van der Waals surface area (Å²) in [7, 11) is 1.97. The molecule has 2 heteroatoms. The Morgan fingerprint density at radius 1 is 1.54 bits per heavy atom. The molecule has 0 bridgehead atoms. The monoisotopic (exact) mass is 183 g/mol. The Kier molecular flexibility index (Phi) is 3.48. The van der Waals surface area contributed by atoms with Gasteiger partial charge in [-0.3, -0.25) is 0 Å². The summed E-state index contributed by atoms with van der Waals surface area (Å²) >= 11 is 0. The molecule has 0 aromatic rings. The normalized spacial score (nSPS) is 33.1. The number of carbonyl (C=O) groups excluding carboxylic acids is 1.